The minimum atomic E-state index is -0.524. The van der Waals surface area contributed by atoms with E-state index in [1.807, 2.05) is 45.0 Å². The summed E-state index contributed by atoms with van der Waals surface area (Å²) in [5.41, 5.74) is 1.57. The van der Waals surface area contributed by atoms with Gasteiger partial charge in [0.15, 0.2) is 0 Å². The quantitative estimate of drug-likeness (QED) is 0.783. The fourth-order valence-electron chi connectivity index (χ4n) is 2.79. The Kier molecular flexibility index (Phi) is 5.55. The van der Waals surface area contributed by atoms with E-state index in [1.165, 1.54) is 0 Å². The van der Waals surface area contributed by atoms with Crippen molar-refractivity contribution in [3.8, 4) is 11.3 Å². The Morgan fingerprint density at radius 1 is 1.07 bits per heavy atom. The molecule has 3 rings (SSSR count). The molecule has 1 fully saturated rings. The summed E-state index contributed by atoms with van der Waals surface area (Å²) in [6, 6.07) is 9.50. The number of rotatable bonds is 2. The Labute approximate surface area is 166 Å². The van der Waals surface area contributed by atoms with E-state index in [0.717, 1.165) is 15.7 Å². The number of carbonyl (C=O) groups excluding carboxylic acids is 2. The molecule has 2 heterocycles. The van der Waals surface area contributed by atoms with Crippen LogP contribution < -0.4 is 0 Å². The highest BCUT2D eigenvalue weighted by Crippen LogP contribution is 2.21. The van der Waals surface area contributed by atoms with E-state index in [4.69, 9.17) is 4.74 Å². The van der Waals surface area contributed by atoms with Gasteiger partial charge in [0.1, 0.15) is 11.3 Å². The van der Waals surface area contributed by atoms with Crippen LogP contribution in [0, 0.1) is 0 Å². The van der Waals surface area contributed by atoms with Crippen LogP contribution in [0.4, 0.5) is 4.79 Å². The Balaban J connectivity index is 1.60. The Bertz CT molecular complexity index is 818. The third-order valence-electron chi connectivity index (χ3n) is 4.17. The Morgan fingerprint density at radius 2 is 1.67 bits per heavy atom. The molecule has 7 nitrogen and oxygen atoms in total. The topological polar surface area (TPSA) is 78.5 Å². The maximum atomic E-state index is 12.7. The number of nitrogens with zero attached hydrogens (tertiary/aromatic N) is 3. The first-order chi connectivity index (χ1) is 12.7. The molecule has 144 valence electrons. The molecule has 1 aliphatic heterocycles. The number of amides is 2. The van der Waals surface area contributed by atoms with E-state index in [-0.39, 0.29) is 12.0 Å². The summed E-state index contributed by atoms with van der Waals surface area (Å²) in [6.07, 6.45) is -0.339. The van der Waals surface area contributed by atoms with Crippen molar-refractivity contribution < 1.29 is 14.3 Å². The summed E-state index contributed by atoms with van der Waals surface area (Å²) in [7, 11) is 0. The van der Waals surface area contributed by atoms with Crippen molar-refractivity contribution in [1.82, 2.24) is 20.0 Å². The summed E-state index contributed by atoms with van der Waals surface area (Å²) >= 11 is 3.40. The van der Waals surface area contributed by atoms with Crippen LogP contribution in [0.2, 0.25) is 0 Å². The van der Waals surface area contributed by atoms with Gasteiger partial charge in [-0.15, -0.1) is 0 Å². The van der Waals surface area contributed by atoms with E-state index in [2.05, 4.69) is 26.1 Å². The van der Waals surface area contributed by atoms with Crippen molar-refractivity contribution in [2.24, 2.45) is 0 Å². The summed E-state index contributed by atoms with van der Waals surface area (Å²) < 4.78 is 6.37. The highest BCUT2D eigenvalue weighted by Gasteiger charge is 2.28. The minimum absolute atomic E-state index is 0.116. The van der Waals surface area contributed by atoms with Crippen LogP contribution in [0.15, 0.2) is 34.8 Å². The van der Waals surface area contributed by atoms with E-state index in [1.54, 1.807) is 15.9 Å². The Hall–Kier alpha value is -2.35. The molecule has 1 aliphatic rings. The number of hydrogen-bond donors (Lipinski definition) is 1. The van der Waals surface area contributed by atoms with Crippen LogP contribution in [0.1, 0.15) is 31.3 Å². The summed E-state index contributed by atoms with van der Waals surface area (Å²) in [5, 5.41) is 7.07. The molecule has 1 aromatic heterocycles. The van der Waals surface area contributed by atoms with Crippen molar-refractivity contribution in [3.05, 3.63) is 40.5 Å². The Morgan fingerprint density at radius 3 is 2.26 bits per heavy atom. The van der Waals surface area contributed by atoms with E-state index in [0.29, 0.717) is 31.9 Å². The van der Waals surface area contributed by atoms with Gasteiger partial charge >= 0.3 is 6.09 Å². The lowest BCUT2D eigenvalue weighted by Gasteiger charge is -2.35. The molecule has 2 amide bonds. The zero-order valence-electron chi connectivity index (χ0n) is 15.7. The van der Waals surface area contributed by atoms with Crippen LogP contribution in [0.3, 0.4) is 0 Å². The summed E-state index contributed by atoms with van der Waals surface area (Å²) in [4.78, 5) is 28.2. The molecule has 2 aromatic rings. The molecular formula is C19H23BrN4O3. The lowest BCUT2D eigenvalue weighted by molar-refractivity contribution is 0.0140. The van der Waals surface area contributed by atoms with Gasteiger partial charge in [-0.3, -0.25) is 9.89 Å². The maximum absolute atomic E-state index is 12.7. The van der Waals surface area contributed by atoms with Crippen LogP contribution in [-0.2, 0) is 4.74 Å². The number of halogens is 1. The fraction of sp³-hybridized carbons (Fsp3) is 0.421. The number of nitrogens with one attached hydrogen (secondary N) is 1. The van der Waals surface area contributed by atoms with E-state index in [9.17, 15) is 9.59 Å². The SMILES string of the molecule is CC(C)(C)OC(=O)N1CCN(C(=O)c2cc(-c3ccc(Br)cc3)n[nH]2)CC1. The average Bonchev–Trinajstić information content (AvgIpc) is 3.10. The van der Waals surface area contributed by atoms with Crippen molar-refractivity contribution in [1.29, 1.82) is 0 Å². The van der Waals surface area contributed by atoms with Gasteiger partial charge in [-0.1, -0.05) is 28.1 Å². The maximum Gasteiger partial charge on any atom is 0.410 e. The van der Waals surface area contributed by atoms with E-state index < -0.39 is 5.60 Å². The molecule has 0 radical (unpaired) electrons. The number of aromatic nitrogens is 2. The monoisotopic (exact) mass is 434 g/mol. The second-order valence-electron chi connectivity index (χ2n) is 7.43. The van der Waals surface area contributed by atoms with Crippen LogP contribution in [-0.4, -0.2) is 63.8 Å². The molecule has 8 heteroatoms. The van der Waals surface area contributed by atoms with Crippen LogP contribution in [0.25, 0.3) is 11.3 Å². The number of aromatic amines is 1. The van der Waals surface area contributed by atoms with Gasteiger partial charge in [0.2, 0.25) is 0 Å². The highest BCUT2D eigenvalue weighted by molar-refractivity contribution is 9.10. The van der Waals surface area contributed by atoms with Crippen molar-refractivity contribution in [2.45, 2.75) is 26.4 Å². The van der Waals surface area contributed by atoms with E-state index >= 15 is 0 Å². The van der Waals surface area contributed by atoms with Gasteiger partial charge in [-0.2, -0.15) is 5.10 Å². The number of H-pyrrole nitrogens is 1. The third kappa shape index (κ3) is 4.88. The molecule has 0 atom stereocenters. The van der Waals surface area contributed by atoms with Crippen molar-refractivity contribution >= 4 is 27.9 Å². The smallest absolute Gasteiger partial charge is 0.410 e. The van der Waals surface area contributed by atoms with Crippen LogP contribution in [0.5, 0.6) is 0 Å². The van der Waals surface area contributed by atoms with Gasteiger partial charge in [0.05, 0.1) is 5.69 Å². The average molecular weight is 435 g/mol. The van der Waals surface area contributed by atoms with Gasteiger partial charge in [0, 0.05) is 36.2 Å². The number of ether oxygens (including phenoxy) is 1. The largest absolute Gasteiger partial charge is 0.444 e. The fourth-order valence-corrected chi connectivity index (χ4v) is 3.05. The molecule has 1 aromatic carbocycles. The molecule has 0 bridgehead atoms. The number of hydrogen-bond acceptors (Lipinski definition) is 4. The number of piperazine rings is 1. The van der Waals surface area contributed by atoms with Crippen LogP contribution >= 0.6 is 15.9 Å². The zero-order valence-corrected chi connectivity index (χ0v) is 17.2. The first-order valence-electron chi connectivity index (χ1n) is 8.81. The van der Waals surface area contributed by atoms with Crippen molar-refractivity contribution in [2.75, 3.05) is 26.2 Å². The first-order valence-corrected chi connectivity index (χ1v) is 9.61. The molecule has 27 heavy (non-hydrogen) atoms. The molecule has 1 N–H and O–H groups in total. The second-order valence-corrected chi connectivity index (χ2v) is 8.35. The number of carbonyl (C=O) groups is 2. The summed E-state index contributed by atoms with van der Waals surface area (Å²) in [5.74, 6) is -0.116. The second kappa shape index (κ2) is 7.72. The third-order valence-corrected chi connectivity index (χ3v) is 4.70. The molecule has 1 saturated heterocycles. The predicted octanol–water partition coefficient (Wildman–Crippen LogP) is 3.53. The standard InChI is InChI=1S/C19H23BrN4O3/c1-19(2,3)27-18(26)24-10-8-23(9-11-24)17(25)16-12-15(21-22-16)13-4-6-14(20)7-5-13/h4-7,12H,8-11H2,1-3H3,(H,21,22). The molecule has 0 spiro atoms. The molecule has 0 unspecified atom stereocenters. The molecule has 0 saturated carbocycles. The predicted molar refractivity (Wildman–Crippen MR) is 105 cm³/mol. The normalized spacial score (nSPS) is 15.0. The van der Waals surface area contributed by atoms with Crippen molar-refractivity contribution in [3.63, 3.8) is 0 Å². The lowest BCUT2D eigenvalue weighted by Crippen LogP contribution is -2.51. The minimum Gasteiger partial charge on any atom is -0.444 e. The van der Waals surface area contributed by atoms with Gasteiger partial charge in [0.25, 0.3) is 5.91 Å². The lowest BCUT2D eigenvalue weighted by atomic mass is 10.1. The van der Waals surface area contributed by atoms with Gasteiger partial charge in [-0.25, -0.2) is 4.79 Å². The molecular weight excluding hydrogens is 412 g/mol. The zero-order chi connectivity index (χ0) is 19.6. The first kappa shape index (κ1) is 19.4. The van der Waals surface area contributed by atoms with Gasteiger partial charge < -0.3 is 14.5 Å². The van der Waals surface area contributed by atoms with Gasteiger partial charge in [-0.05, 0) is 39.0 Å². The highest BCUT2D eigenvalue weighted by atomic mass is 79.9. The number of benzene rings is 1. The summed E-state index contributed by atoms with van der Waals surface area (Å²) in [6.45, 7) is 7.35. The molecule has 0 aliphatic carbocycles.